The van der Waals surface area contributed by atoms with Crippen LogP contribution in [0.3, 0.4) is 0 Å². The molecule has 2 atom stereocenters. The summed E-state index contributed by atoms with van der Waals surface area (Å²) < 4.78 is 5.63. The Balaban J connectivity index is 1.91. The summed E-state index contributed by atoms with van der Waals surface area (Å²) in [6, 6.07) is 0.694. The molecule has 0 aromatic carbocycles. The molecule has 4 heteroatoms. The second kappa shape index (κ2) is 5.15. The predicted octanol–water partition coefficient (Wildman–Crippen LogP) is 3.02. The second-order valence-corrected chi connectivity index (χ2v) is 7.26. The van der Waals surface area contributed by atoms with Crippen LogP contribution in [0, 0.1) is 12.8 Å². The Kier molecular flexibility index (Phi) is 3.67. The highest BCUT2D eigenvalue weighted by atomic mass is 32.1. The van der Waals surface area contributed by atoms with Gasteiger partial charge in [0.05, 0.1) is 17.8 Å². The van der Waals surface area contributed by atoms with Crippen molar-refractivity contribution in [1.82, 2.24) is 10.3 Å². The average Bonchev–Trinajstić information content (AvgIpc) is 2.92. The highest BCUT2D eigenvalue weighted by molar-refractivity contribution is 7.11. The zero-order chi connectivity index (χ0) is 13.5. The van der Waals surface area contributed by atoms with Gasteiger partial charge in [-0.15, -0.1) is 11.3 Å². The van der Waals surface area contributed by atoms with E-state index < -0.39 is 0 Å². The fourth-order valence-corrected chi connectivity index (χ4v) is 4.17. The first-order valence-electron chi connectivity index (χ1n) is 7.45. The molecule has 0 spiro atoms. The van der Waals surface area contributed by atoms with Crippen molar-refractivity contribution in [3.05, 3.63) is 15.6 Å². The lowest BCUT2D eigenvalue weighted by Gasteiger charge is -2.34. The number of ether oxygens (including phenoxy) is 1. The molecule has 1 aliphatic carbocycles. The number of hydrogen-bond acceptors (Lipinski definition) is 4. The lowest BCUT2D eigenvalue weighted by Crippen LogP contribution is -2.47. The van der Waals surface area contributed by atoms with Gasteiger partial charge in [-0.05, 0) is 39.5 Å². The van der Waals surface area contributed by atoms with E-state index in [1.165, 1.54) is 28.4 Å². The molecule has 2 heterocycles. The third-order valence-corrected chi connectivity index (χ3v) is 5.75. The Morgan fingerprint density at radius 3 is 2.74 bits per heavy atom. The molecule has 1 saturated carbocycles. The molecular weight excluding hydrogens is 256 g/mol. The van der Waals surface area contributed by atoms with Crippen LogP contribution in [0.5, 0.6) is 0 Å². The molecule has 3 nitrogen and oxygen atoms in total. The van der Waals surface area contributed by atoms with Crippen molar-refractivity contribution in [2.24, 2.45) is 5.92 Å². The van der Waals surface area contributed by atoms with Crippen LogP contribution >= 0.6 is 11.3 Å². The van der Waals surface area contributed by atoms with E-state index in [1.54, 1.807) is 0 Å². The van der Waals surface area contributed by atoms with E-state index in [0.717, 1.165) is 26.1 Å². The summed E-state index contributed by atoms with van der Waals surface area (Å²) in [5.41, 5.74) is 1.27. The summed E-state index contributed by atoms with van der Waals surface area (Å²) in [6.45, 7) is 8.50. The quantitative estimate of drug-likeness (QED) is 0.900. The Hall–Kier alpha value is -0.450. The third-order valence-electron chi connectivity index (χ3n) is 4.50. The third kappa shape index (κ3) is 2.58. The number of aryl methyl sites for hydroxylation is 2. The first kappa shape index (κ1) is 13.5. The summed E-state index contributed by atoms with van der Waals surface area (Å²) in [5.74, 6) is 0.559. The monoisotopic (exact) mass is 280 g/mol. The fourth-order valence-electron chi connectivity index (χ4n) is 2.97. The summed E-state index contributed by atoms with van der Waals surface area (Å²) in [7, 11) is 0. The molecule has 0 amide bonds. The molecule has 1 saturated heterocycles. The van der Waals surface area contributed by atoms with Crippen molar-refractivity contribution in [2.75, 3.05) is 13.2 Å². The van der Waals surface area contributed by atoms with Gasteiger partial charge in [-0.1, -0.05) is 6.92 Å². The summed E-state index contributed by atoms with van der Waals surface area (Å²) in [4.78, 5) is 6.30. The molecule has 2 aliphatic rings. The van der Waals surface area contributed by atoms with E-state index >= 15 is 0 Å². The molecule has 106 valence electrons. The predicted molar refractivity (Wildman–Crippen MR) is 78.7 cm³/mol. The molecule has 0 radical (unpaired) electrons. The van der Waals surface area contributed by atoms with Crippen molar-refractivity contribution >= 4 is 11.3 Å². The maximum atomic E-state index is 5.63. The number of thiazole rings is 1. The minimum Gasteiger partial charge on any atom is -0.381 e. The molecule has 0 bridgehead atoms. The van der Waals surface area contributed by atoms with E-state index in [9.17, 15) is 0 Å². The van der Waals surface area contributed by atoms with Crippen LogP contribution in [0.1, 0.15) is 48.7 Å². The van der Waals surface area contributed by atoms with Crippen LogP contribution in [-0.2, 0) is 16.7 Å². The lowest BCUT2D eigenvalue weighted by molar-refractivity contribution is 0.151. The summed E-state index contributed by atoms with van der Waals surface area (Å²) in [5, 5.41) is 5.13. The van der Waals surface area contributed by atoms with Gasteiger partial charge in [0.15, 0.2) is 0 Å². The molecule has 2 unspecified atom stereocenters. The Morgan fingerprint density at radius 2 is 2.21 bits per heavy atom. The van der Waals surface area contributed by atoms with E-state index in [1.807, 2.05) is 11.3 Å². The average molecular weight is 280 g/mol. The number of nitrogens with zero attached hydrogens (tertiary/aromatic N) is 1. The fraction of sp³-hybridized carbons (Fsp3) is 0.800. The van der Waals surface area contributed by atoms with Gasteiger partial charge in [0, 0.05) is 23.4 Å². The van der Waals surface area contributed by atoms with Gasteiger partial charge < -0.3 is 10.1 Å². The van der Waals surface area contributed by atoms with Gasteiger partial charge in [0.25, 0.3) is 0 Å². The Morgan fingerprint density at radius 1 is 1.42 bits per heavy atom. The zero-order valence-corrected chi connectivity index (χ0v) is 13.0. The van der Waals surface area contributed by atoms with Crippen LogP contribution in [0.2, 0.25) is 0 Å². The van der Waals surface area contributed by atoms with E-state index in [-0.39, 0.29) is 5.54 Å². The van der Waals surface area contributed by atoms with Crippen molar-refractivity contribution in [1.29, 1.82) is 0 Å². The normalized spacial score (nSPS) is 26.6. The Bertz CT molecular complexity index is 449. The highest BCUT2D eigenvalue weighted by Gasteiger charge is 2.43. The standard InChI is InChI=1S/C15H24N2OS/c1-4-13-10(2)19-14(16-13)15(3,17-12-5-6-12)11-7-8-18-9-11/h11-12,17H,4-9H2,1-3H3. The number of aromatic nitrogens is 1. The van der Waals surface area contributed by atoms with Gasteiger partial charge in [-0.2, -0.15) is 0 Å². The molecule has 1 aromatic heterocycles. The maximum absolute atomic E-state index is 5.63. The molecular formula is C15H24N2OS. The minimum atomic E-state index is 0.000509. The maximum Gasteiger partial charge on any atom is 0.113 e. The topological polar surface area (TPSA) is 34.2 Å². The molecule has 19 heavy (non-hydrogen) atoms. The number of hydrogen-bond donors (Lipinski definition) is 1. The van der Waals surface area contributed by atoms with Crippen molar-refractivity contribution in [3.63, 3.8) is 0 Å². The van der Waals surface area contributed by atoms with Crippen LogP contribution in [0.25, 0.3) is 0 Å². The second-order valence-electron chi connectivity index (χ2n) is 6.06. The van der Waals surface area contributed by atoms with Crippen LogP contribution in [0.15, 0.2) is 0 Å². The van der Waals surface area contributed by atoms with E-state index in [2.05, 4.69) is 26.1 Å². The first-order chi connectivity index (χ1) is 9.13. The molecule has 1 N–H and O–H groups in total. The largest absolute Gasteiger partial charge is 0.381 e. The van der Waals surface area contributed by atoms with Crippen LogP contribution in [0.4, 0.5) is 0 Å². The SMILES string of the molecule is CCc1nc(C(C)(NC2CC2)C2CCOC2)sc1C. The molecule has 3 rings (SSSR count). The zero-order valence-electron chi connectivity index (χ0n) is 12.2. The minimum absolute atomic E-state index is 0.000509. The van der Waals surface area contributed by atoms with Crippen molar-refractivity contribution < 1.29 is 4.74 Å². The van der Waals surface area contributed by atoms with Gasteiger partial charge >= 0.3 is 0 Å². The van der Waals surface area contributed by atoms with Gasteiger partial charge in [0.1, 0.15) is 5.01 Å². The Labute approximate surface area is 119 Å². The summed E-state index contributed by atoms with van der Waals surface area (Å²) in [6.07, 6.45) is 4.81. The molecule has 1 aromatic rings. The number of nitrogens with one attached hydrogen (secondary N) is 1. The van der Waals surface area contributed by atoms with Crippen LogP contribution in [-0.4, -0.2) is 24.2 Å². The number of rotatable bonds is 5. The first-order valence-corrected chi connectivity index (χ1v) is 8.27. The smallest absolute Gasteiger partial charge is 0.113 e. The van der Waals surface area contributed by atoms with E-state index in [4.69, 9.17) is 9.72 Å². The van der Waals surface area contributed by atoms with E-state index in [0.29, 0.717) is 12.0 Å². The van der Waals surface area contributed by atoms with Crippen molar-refractivity contribution in [2.45, 2.75) is 58.0 Å². The molecule has 1 aliphatic heterocycles. The highest BCUT2D eigenvalue weighted by Crippen LogP contribution is 2.40. The summed E-state index contributed by atoms with van der Waals surface area (Å²) >= 11 is 1.87. The van der Waals surface area contributed by atoms with Gasteiger partial charge in [0.2, 0.25) is 0 Å². The van der Waals surface area contributed by atoms with Crippen molar-refractivity contribution in [3.8, 4) is 0 Å². The van der Waals surface area contributed by atoms with Gasteiger partial charge in [-0.25, -0.2) is 4.98 Å². The molecule has 2 fully saturated rings. The van der Waals surface area contributed by atoms with Gasteiger partial charge in [-0.3, -0.25) is 0 Å². The van der Waals surface area contributed by atoms with Crippen LogP contribution < -0.4 is 5.32 Å². The lowest BCUT2D eigenvalue weighted by atomic mass is 9.85.